The Morgan fingerprint density at radius 1 is 1.04 bits per heavy atom. The Bertz CT molecular complexity index is 851. The van der Waals surface area contributed by atoms with Crippen LogP contribution in [0.2, 0.25) is 5.02 Å². The Kier molecular flexibility index (Phi) is 6.22. The van der Waals surface area contributed by atoms with E-state index in [2.05, 4.69) is 13.8 Å². The van der Waals surface area contributed by atoms with Crippen LogP contribution in [0.1, 0.15) is 59.7 Å². The number of allylic oxidation sites excluding steroid dienone is 1. The van der Waals surface area contributed by atoms with Crippen molar-refractivity contribution in [3.63, 3.8) is 0 Å². The molecular weight excluding hydrogens is 352 g/mol. The van der Waals surface area contributed by atoms with Crippen LogP contribution in [-0.2, 0) is 4.79 Å². The summed E-state index contributed by atoms with van der Waals surface area (Å²) in [4.78, 5) is 23.6. The molecule has 1 atom stereocenters. The van der Waals surface area contributed by atoms with Gasteiger partial charge in [0.15, 0.2) is 5.78 Å². The third kappa shape index (κ3) is 4.52. The first kappa shape index (κ1) is 19.7. The Balaban J connectivity index is 2.29. The summed E-state index contributed by atoms with van der Waals surface area (Å²) in [5.74, 6) is -2.25. The zero-order valence-electron chi connectivity index (χ0n) is 14.9. The number of carboxylic acid groups (broad SMARTS) is 1. The molecule has 0 radical (unpaired) electrons. The van der Waals surface area contributed by atoms with Crippen molar-refractivity contribution >= 4 is 29.4 Å². The van der Waals surface area contributed by atoms with Crippen molar-refractivity contribution in [3.8, 4) is 5.75 Å². The molecule has 0 aliphatic carbocycles. The molecular formula is C21H21ClO4. The lowest BCUT2D eigenvalue weighted by Gasteiger charge is -2.11. The largest absolute Gasteiger partial charge is 0.506 e. The summed E-state index contributed by atoms with van der Waals surface area (Å²) < 4.78 is 0. The lowest BCUT2D eigenvalue weighted by Crippen LogP contribution is -2.09. The highest BCUT2D eigenvalue weighted by atomic mass is 35.5. The molecule has 2 rings (SSSR count). The summed E-state index contributed by atoms with van der Waals surface area (Å²) in [6, 6.07) is 10.6. The van der Waals surface area contributed by atoms with E-state index in [4.69, 9.17) is 16.7 Å². The van der Waals surface area contributed by atoms with Gasteiger partial charge in [-0.15, -0.1) is 0 Å². The molecule has 0 saturated heterocycles. The van der Waals surface area contributed by atoms with Crippen LogP contribution < -0.4 is 0 Å². The number of hydrogen-bond donors (Lipinski definition) is 2. The predicted molar refractivity (Wildman–Crippen MR) is 103 cm³/mol. The van der Waals surface area contributed by atoms with E-state index in [-0.39, 0.29) is 16.3 Å². The molecule has 0 heterocycles. The molecule has 0 bridgehead atoms. The Morgan fingerprint density at radius 2 is 1.65 bits per heavy atom. The molecule has 0 aromatic heterocycles. The fourth-order valence-electron chi connectivity index (χ4n) is 2.45. The van der Waals surface area contributed by atoms with Crippen molar-refractivity contribution in [2.75, 3.05) is 0 Å². The Hall–Kier alpha value is -2.59. The minimum atomic E-state index is -1.04. The first-order chi connectivity index (χ1) is 12.2. The number of rotatable bonds is 6. The van der Waals surface area contributed by atoms with Gasteiger partial charge in [0.05, 0.1) is 16.5 Å². The number of carbonyl (C=O) groups is 2. The molecule has 2 N–H and O–H groups in total. The SMILES string of the molecule is CC(C)c1ccc(C=CC(=O)c2cc(C(C)C(=O)O)cc(Cl)c2O)cc1. The molecule has 5 heteroatoms. The maximum absolute atomic E-state index is 12.5. The van der Waals surface area contributed by atoms with E-state index in [1.165, 1.54) is 30.7 Å². The molecule has 2 aromatic rings. The van der Waals surface area contributed by atoms with Gasteiger partial charge in [-0.2, -0.15) is 0 Å². The summed E-state index contributed by atoms with van der Waals surface area (Å²) in [5, 5.41) is 19.2. The number of ketones is 1. The number of aromatic hydroxyl groups is 1. The number of benzene rings is 2. The fraction of sp³-hybridized carbons (Fsp3) is 0.238. The summed E-state index contributed by atoms with van der Waals surface area (Å²) in [6.45, 7) is 5.70. The maximum Gasteiger partial charge on any atom is 0.310 e. The van der Waals surface area contributed by atoms with E-state index in [1.807, 2.05) is 24.3 Å². The third-order valence-corrected chi connectivity index (χ3v) is 4.54. The van der Waals surface area contributed by atoms with Crippen LogP contribution in [0, 0.1) is 0 Å². The number of aliphatic carboxylic acids is 1. The monoisotopic (exact) mass is 372 g/mol. The molecule has 0 spiro atoms. The van der Waals surface area contributed by atoms with Crippen molar-refractivity contribution < 1.29 is 19.8 Å². The minimum absolute atomic E-state index is 0.0179. The van der Waals surface area contributed by atoms with E-state index in [9.17, 15) is 14.7 Å². The highest BCUT2D eigenvalue weighted by Crippen LogP contribution is 2.32. The molecule has 2 aromatic carbocycles. The molecule has 136 valence electrons. The van der Waals surface area contributed by atoms with Crippen molar-refractivity contribution in [1.29, 1.82) is 0 Å². The van der Waals surface area contributed by atoms with Crippen LogP contribution in [0.25, 0.3) is 6.08 Å². The minimum Gasteiger partial charge on any atom is -0.506 e. The number of phenolic OH excluding ortho intramolecular Hbond substituents is 1. The molecule has 4 nitrogen and oxygen atoms in total. The third-order valence-electron chi connectivity index (χ3n) is 4.25. The second kappa shape index (κ2) is 8.19. The number of halogens is 1. The van der Waals surface area contributed by atoms with Gasteiger partial charge in [-0.1, -0.05) is 55.8 Å². The second-order valence-corrected chi connectivity index (χ2v) is 6.88. The maximum atomic E-state index is 12.5. The average Bonchev–Trinajstić information content (AvgIpc) is 2.61. The smallest absolute Gasteiger partial charge is 0.310 e. The van der Waals surface area contributed by atoms with Crippen molar-refractivity contribution in [2.24, 2.45) is 0 Å². The first-order valence-electron chi connectivity index (χ1n) is 8.28. The van der Waals surface area contributed by atoms with E-state index in [1.54, 1.807) is 6.08 Å². The van der Waals surface area contributed by atoms with E-state index in [0.29, 0.717) is 11.5 Å². The molecule has 26 heavy (non-hydrogen) atoms. The van der Waals surface area contributed by atoms with Gasteiger partial charge in [0.2, 0.25) is 0 Å². The molecule has 0 amide bonds. The van der Waals surface area contributed by atoms with Gasteiger partial charge in [-0.25, -0.2) is 0 Å². The van der Waals surface area contributed by atoms with Gasteiger partial charge in [-0.05, 0) is 47.7 Å². The van der Waals surface area contributed by atoms with E-state index in [0.717, 1.165) is 5.56 Å². The highest BCUT2D eigenvalue weighted by Gasteiger charge is 2.20. The van der Waals surface area contributed by atoms with Gasteiger partial charge in [0.25, 0.3) is 0 Å². The lowest BCUT2D eigenvalue weighted by atomic mass is 9.96. The summed E-state index contributed by atoms with van der Waals surface area (Å²) in [7, 11) is 0. The Labute approximate surface area is 157 Å². The second-order valence-electron chi connectivity index (χ2n) is 6.48. The van der Waals surface area contributed by atoms with Crippen LogP contribution in [0.15, 0.2) is 42.5 Å². The zero-order chi connectivity index (χ0) is 19.4. The van der Waals surface area contributed by atoms with Crippen molar-refractivity contribution in [2.45, 2.75) is 32.6 Å². The molecule has 0 fully saturated rings. The average molecular weight is 373 g/mol. The van der Waals surface area contributed by atoms with Crippen molar-refractivity contribution in [3.05, 3.63) is 69.8 Å². The van der Waals surface area contributed by atoms with Gasteiger partial charge in [-0.3, -0.25) is 9.59 Å². The molecule has 0 aliphatic heterocycles. The normalized spacial score (nSPS) is 12.5. The van der Waals surface area contributed by atoms with E-state index >= 15 is 0 Å². The molecule has 1 unspecified atom stereocenters. The topological polar surface area (TPSA) is 74.6 Å². The quantitative estimate of drug-likeness (QED) is 0.536. The summed E-state index contributed by atoms with van der Waals surface area (Å²) in [5.41, 5.74) is 2.39. The van der Waals surface area contributed by atoms with Gasteiger partial charge in [0, 0.05) is 0 Å². The van der Waals surface area contributed by atoms with Crippen LogP contribution in [0.3, 0.4) is 0 Å². The fourth-order valence-corrected chi connectivity index (χ4v) is 2.68. The molecule has 0 saturated carbocycles. The summed E-state index contributed by atoms with van der Waals surface area (Å²) >= 11 is 5.96. The van der Waals surface area contributed by atoms with Crippen LogP contribution in [0.4, 0.5) is 0 Å². The number of carboxylic acids is 1. The first-order valence-corrected chi connectivity index (χ1v) is 8.66. The predicted octanol–water partition coefficient (Wildman–Crippen LogP) is 5.25. The number of phenols is 1. The van der Waals surface area contributed by atoms with Crippen LogP contribution in [0.5, 0.6) is 5.75 Å². The van der Waals surface area contributed by atoms with Gasteiger partial charge < -0.3 is 10.2 Å². The summed E-state index contributed by atoms with van der Waals surface area (Å²) in [6.07, 6.45) is 2.98. The zero-order valence-corrected chi connectivity index (χ0v) is 15.6. The Morgan fingerprint density at radius 3 is 2.19 bits per heavy atom. The number of hydrogen-bond acceptors (Lipinski definition) is 3. The number of carbonyl (C=O) groups excluding carboxylic acids is 1. The van der Waals surface area contributed by atoms with Gasteiger partial charge in [0.1, 0.15) is 5.75 Å². The van der Waals surface area contributed by atoms with E-state index < -0.39 is 17.7 Å². The molecule has 0 aliphatic rings. The van der Waals surface area contributed by atoms with Crippen molar-refractivity contribution in [1.82, 2.24) is 0 Å². The van der Waals surface area contributed by atoms with Crippen LogP contribution >= 0.6 is 11.6 Å². The highest BCUT2D eigenvalue weighted by molar-refractivity contribution is 6.33. The standard InChI is InChI=1S/C21H21ClO4/c1-12(2)15-7-4-14(5-8-15)6-9-19(23)17-10-16(13(3)21(25)26)11-18(22)20(17)24/h4-13,24H,1-3H3,(H,25,26). The van der Waals surface area contributed by atoms with Crippen LogP contribution in [-0.4, -0.2) is 22.0 Å². The van der Waals surface area contributed by atoms with Gasteiger partial charge >= 0.3 is 5.97 Å². The lowest BCUT2D eigenvalue weighted by molar-refractivity contribution is -0.138.